The molecule has 2 heterocycles. The Balaban J connectivity index is 1.47. The van der Waals surface area contributed by atoms with Gasteiger partial charge in [-0.2, -0.15) is 14.4 Å². The molecule has 1 unspecified atom stereocenters. The normalized spacial score (nSPS) is 16.9. The van der Waals surface area contributed by atoms with Gasteiger partial charge >= 0.3 is 0 Å². The fourth-order valence-electron chi connectivity index (χ4n) is 4.29. The van der Waals surface area contributed by atoms with Crippen molar-refractivity contribution in [3.05, 3.63) is 89.7 Å². The standard InChI is InChI=1S/C27H25FN4O3S2/c1-19-7-5-6-16-31(19)37(34,35)23-13-10-21(11-14-23)26(33)32(29-18-20-8-3-2-4-9-20)27-30-24-15-12-22(28)17-25(24)36-27/h2-4,8-15,17-19H,5-7,16H2,1H3/b29-18+. The molecule has 10 heteroatoms. The Kier molecular flexibility index (Phi) is 7.14. The molecule has 0 N–H and O–H groups in total. The molecule has 5 rings (SSSR count). The van der Waals surface area contributed by atoms with Crippen LogP contribution in [0.15, 0.2) is 82.8 Å². The van der Waals surface area contributed by atoms with E-state index in [1.807, 2.05) is 37.3 Å². The number of nitrogens with zero attached hydrogens (tertiary/aromatic N) is 4. The van der Waals surface area contributed by atoms with Gasteiger partial charge < -0.3 is 0 Å². The highest BCUT2D eigenvalue weighted by Crippen LogP contribution is 2.31. The number of hydrogen-bond acceptors (Lipinski definition) is 6. The van der Waals surface area contributed by atoms with E-state index >= 15 is 0 Å². The summed E-state index contributed by atoms with van der Waals surface area (Å²) in [4.78, 5) is 18.2. The highest BCUT2D eigenvalue weighted by Gasteiger charge is 2.31. The van der Waals surface area contributed by atoms with Gasteiger partial charge in [-0.3, -0.25) is 4.79 Å². The van der Waals surface area contributed by atoms with Crippen LogP contribution in [0.4, 0.5) is 9.52 Å². The maximum Gasteiger partial charge on any atom is 0.280 e. The fourth-order valence-corrected chi connectivity index (χ4v) is 6.93. The minimum absolute atomic E-state index is 0.0632. The minimum atomic E-state index is -3.66. The zero-order valence-corrected chi connectivity index (χ0v) is 21.8. The summed E-state index contributed by atoms with van der Waals surface area (Å²) in [6.07, 6.45) is 4.22. The Labute approximate surface area is 218 Å². The topological polar surface area (TPSA) is 82.9 Å². The van der Waals surface area contributed by atoms with E-state index < -0.39 is 21.7 Å². The predicted octanol–water partition coefficient (Wildman–Crippen LogP) is 5.68. The molecule has 7 nitrogen and oxygen atoms in total. The van der Waals surface area contributed by atoms with E-state index in [4.69, 9.17) is 0 Å². The van der Waals surface area contributed by atoms with Crippen LogP contribution in [-0.2, 0) is 10.0 Å². The second-order valence-corrected chi connectivity index (χ2v) is 11.8. The van der Waals surface area contributed by atoms with Crippen LogP contribution >= 0.6 is 11.3 Å². The van der Waals surface area contributed by atoms with Crippen LogP contribution in [0.2, 0.25) is 0 Å². The first-order valence-corrected chi connectivity index (χ1v) is 14.2. The molecule has 190 valence electrons. The van der Waals surface area contributed by atoms with Gasteiger partial charge in [-0.1, -0.05) is 48.1 Å². The summed E-state index contributed by atoms with van der Waals surface area (Å²) >= 11 is 1.14. The molecule has 1 amide bonds. The lowest BCUT2D eigenvalue weighted by Crippen LogP contribution is -2.41. The maximum atomic E-state index is 13.7. The first-order valence-electron chi connectivity index (χ1n) is 11.9. The van der Waals surface area contributed by atoms with Gasteiger partial charge in [-0.05, 0) is 67.8 Å². The number of thiazole rings is 1. The van der Waals surface area contributed by atoms with Crippen molar-refractivity contribution in [3.63, 3.8) is 0 Å². The molecule has 0 spiro atoms. The van der Waals surface area contributed by atoms with Gasteiger partial charge in [-0.25, -0.2) is 17.8 Å². The summed E-state index contributed by atoms with van der Waals surface area (Å²) < 4.78 is 42.2. The smallest absolute Gasteiger partial charge is 0.267 e. The number of carbonyl (C=O) groups excluding carboxylic acids is 1. The van der Waals surface area contributed by atoms with Crippen LogP contribution < -0.4 is 5.01 Å². The number of piperidine rings is 1. The van der Waals surface area contributed by atoms with Crippen LogP contribution in [0.5, 0.6) is 0 Å². The van der Waals surface area contributed by atoms with Gasteiger partial charge in [0.2, 0.25) is 15.2 Å². The van der Waals surface area contributed by atoms with Gasteiger partial charge in [0.25, 0.3) is 5.91 Å². The Morgan fingerprint density at radius 1 is 1.11 bits per heavy atom. The van der Waals surface area contributed by atoms with Crippen LogP contribution in [0.3, 0.4) is 0 Å². The van der Waals surface area contributed by atoms with Crippen molar-refractivity contribution in [2.45, 2.75) is 37.1 Å². The van der Waals surface area contributed by atoms with E-state index in [1.165, 1.54) is 40.7 Å². The molecule has 4 aromatic rings. The van der Waals surface area contributed by atoms with E-state index in [1.54, 1.807) is 12.3 Å². The first-order chi connectivity index (χ1) is 17.8. The highest BCUT2D eigenvalue weighted by atomic mass is 32.2. The number of anilines is 1. The molecular weight excluding hydrogens is 511 g/mol. The van der Waals surface area contributed by atoms with Gasteiger partial charge in [0.1, 0.15) is 5.82 Å². The van der Waals surface area contributed by atoms with E-state index in [2.05, 4.69) is 10.1 Å². The molecule has 1 aliphatic heterocycles. The molecule has 1 aliphatic rings. The van der Waals surface area contributed by atoms with E-state index in [0.29, 0.717) is 16.8 Å². The average molecular weight is 537 g/mol. The zero-order valence-electron chi connectivity index (χ0n) is 20.1. The first kappa shape index (κ1) is 25.2. The largest absolute Gasteiger partial charge is 0.280 e. The number of halogens is 1. The van der Waals surface area contributed by atoms with Crippen molar-refractivity contribution < 1.29 is 17.6 Å². The Morgan fingerprint density at radius 2 is 1.86 bits per heavy atom. The lowest BCUT2D eigenvalue weighted by Gasteiger charge is -2.32. The average Bonchev–Trinajstić information content (AvgIpc) is 3.32. The number of hydrogen-bond donors (Lipinski definition) is 0. The summed E-state index contributed by atoms with van der Waals surface area (Å²) in [5.74, 6) is -0.879. The van der Waals surface area contributed by atoms with Crippen molar-refractivity contribution in [3.8, 4) is 0 Å². The number of benzene rings is 3. The Bertz CT molecular complexity index is 1550. The molecular formula is C27H25FN4O3S2. The quantitative estimate of drug-likeness (QED) is 0.235. The third kappa shape index (κ3) is 5.31. The number of fused-ring (bicyclic) bond motifs is 1. The van der Waals surface area contributed by atoms with Crippen LogP contribution in [0, 0.1) is 5.82 Å². The number of hydrazone groups is 1. The van der Waals surface area contributed by atoms with Gasteiger partial charge in [0.15, 0.2) is 0 Å². The fraction of sp³-hybridized carbons (Fsp3) is 0.222. The maximum absolute atomic E-state index is 13.7. The second kappa shape index (κ2) is 10.5. The van der Waals surface area contributed by atoms with Crippen molar-refractivity contribution in [2.75, 3.05) is 11.6 Å². The number of carbonyl (C=O) groups is 1. The van der Waals surface area contributed by atoms with Crippen molar-refractivity contribution >= 4 is 48.8 Å². The number of sulfonamides is 1. The summed E-state index contributed by atoms with van der Waals surface area (Å²) in [5.41, 5.74) is 1.58. The molecule has 37 heavy (non-hydrogen) atoms. The number of amides is 1. The lowest BCUT2D eigenvalue weighted by atomic mass is 10.1. The number of rotatable bonds is 6. The molecule has 1 aromatic heterocycles. The summed E-state index contributed by atoms with van der Waals surface area (Å²) in [7, 11) is -3.66. The van der Waals surface area contributed by atoms with Gasteiger partial charge in [0.05, 0.1) is 21.3 Å². The third-order valence-electron chi connectivity index (χ3n) is 6.28. The monoisotopic (exact) mass is 536 g/mol. The molecule has 0 saturated carbocycles. The minimum Gasteiger partial charge on any atom is -0.267 e. The second-order valence-electron chi connectivity index (χ2n) is 8.87. The Morgan fingerprint density at radius 3 is 2.59 bits per heavy atom. The molecule has 1 fully saturated rings. The van der Waals surface area contributed by atoms with Crippen molar-refractivity contribution in [1.82, 2.24) is 9.29 Å². The SMILES string of the molecule is CC1CCCCN1S(=O)(=O)c1ccc(C(=O)N(/N=C/c2ccccc2)c2nc3ccc(F)cc3s2)cc1. The summed E-state index contributed by atoms with van der Waals surface area (Å²) in [6, 6.07) is 19.3. The van der Waals surface area contributed by atoms with Crippen LogP contribution in [0.25, 0.3) is 10.2 Å². The van der Waals surface area contributed by atoms with Gasteiger partial charge in [0, 0.05) is 18.2 Å². The highest BCUT2D eigenvalue weighted by molar-refractivity contribution is 7.89. The molecule has 3 aromatic carbocycles. The molecule has 0 aliphatic carbocycles. The number of aromatic nitrogens is 1. The van der Waals surface area contributed by atoms with E-state index in [-0.39, 0.29) is 21.6 Å². The zero-order chi connectivity index (χ0) is 26.0. The van der Waals surface area contributed by atoms with Crippen molar-refractivity contribution in [1.29, 1.82) is 0 Å². The third-order valence-corrected chi connectivity index (χ3v) is 9.31. The summed E-state index contributed by atoms with van der Waals surface area (Å²) in [5, 5.41) is 5.83. The molecule has 0 bridgehead atoms. The summed E-state index contributed by atoms with van der Waals surface area (Å²) in [6.45, 7) is 2.41. The predicted molar refractivity (Wildman–Crippen MR) is 144 cm³/mol. The lowest BCUT2D eigenvalue weighted by molar-refractivity contribution is 0.0987. The van der Waals surface area contributed by atoms with Crippen LogP contribution in [0.1, 0.15) is 42.1 Å². The van der Waals surface area contributed by atoms with Gasteiger partial charge in [-0.15, -0.1) is 0 Å². The van der Waals surface area contributed by atoms with E-state index in [9.17, 15) is 17.6 Å². The van der Waals surface area contributed by atoms with E-state index in [0.717, 1.165) is 41.2 Å². The molecule has 0 radical (unpaired) electrons. The molecule has 1 saturated heterocycles. The molecule has 1 atom stereocenters. The van der Waals surface area contributed by atoms with Crippen molar-refractivity contribution in [2.24, 2.45) is 5.10 Å². The Hall–Kier alpha value is -3.47. The van der Waals surface area contributed by atoms with Crippen LogP contribution in [-0.4, -0.2) is 42.4 Å².